The molecule has 4 heteroatoms. The molecule has 0 spiro atoms. The van der Waals surface area contributed by atoms with Gasteiger partial charge in [0.25, 0.3) is 0 Å². The number of rotatable bonds is 2. The maximum atomic E-state index is 11.5. The van der Waals surface area contributed by atoms with Gasteiger partial charge in [-0.15, -0.1) is 12.4 Å². The van der Waals surface area contributed by atoms with Crippen LogP contribution >= 0.6 is 12.4 Å². The molecule has 0 aliphatic rings. The number of aryl methyl sites for hydroxylation is 1. The van der Waals surface area contributed by atoms with E-state index in [1.807, 2.05) is 43.3 Å². The monoisotopic (exact) mass is 265 g/mol. The molecule has 0 saturated heterocycles. The number of esters is 1. The lowest BCUT2D eigenvalue weighted by Crippen LogP contribution is -2.22. The number of halogens is 1. The van der Waals surface area contributed by atoms with Crippen LogP contribution in [0.3, 0.4) is 0 Å². The van der Waals surface area contributed by atoms with Crippen molar-refractivity contribution in [2.45, 2.75) is 13.0 Å². The van der Waals surface area contributed by atoms with E-state index in [4.69, 9.17) is 5.73 Å². The van der Waals surface area contributed by atoms with Crippen LogP contribution < -0.4 is 5.73 Å². The summed E-state index contributed by atoms with van der Waals surface area (Å²) in [5, 5.41) is 2.12. The van der Waals surface area contributed by atoms with Crippen molar-refractivity contribution in [3.05, 3.63) is 47.5 Å². The number of fused-ring (bicyclic) bond motifs is 1. The van der Waals surface area contributed by atoms with Crippen LogP contribution in [0.25, 0.3) is 10.8 Å². The summed E-state index contributed by atoms with van der Waals surface area (Å²) in [5.41, 5.74) is 7.86. The molecule has 0 aliphatic carbocycles. The molecule has 3 nitrogen and oxygen atoms in total. The lowest BCUT2D eigenvalue weighted by Gasteiger charge is -2.13. The maximum Gasteiger partial charge on any atom is 0.327 e. The fraction of sp³-hybridized carbons (Fsp3) is 0.214. The number of benzene rings is 2. The minimum Gasteiger partial charge on any atom is -0.468 e. The molecule has 2 aromatic carbocycles. The average Bonchev–Trinajstić information content (AvgIpc) is 2.38. The summed E-state index contributed by atoms with van der Waals surface area (Å²) in [6.07, 6.45) is 0. The van der Waals surface area contributed by atoms with E-state index < -0.39 is 12.0 Å². The average molecular weight is 266 g/mol. The summed E-state index contributed by atoms with van der Waals surface area (Å²) in [7, 11) is 1.35. The molecule has 96 valence electrons. The highest BCUT2D eigenvalue weighted by atomic mass is 35.5. The van der Waals surface area contributed by atoms with Gasteiger partial charge in [0.1, 0.15) is 6.04 Å². The Hall–Kier alpha value is -1.58. The fourth-order valence-corrected chi connectivity index (χ4v) is 2.00. The van der Waals surface area contributed by atoms with Crippen LogP contribution in [0.2, 0.25) is 0 Å². The first-order valence-corrected chi connectivity index (χ1v) is 5.47. The van der Waals surface area contributed by atoms with Crippen molar-refractivity contribution in [1.29, 1.82) is 0 Å². The molecule has 2 N–H and O–H groups in total. The first-order valence-electron chi connectivity index (χ1n) is 5.47. The molecule has 0 amide bonds. The van der Waals surface area contributed by atoms with Gasteiger partial charge in [-0.3, -0.25) is 4.79 Å². The highest BCUT2D eigenvalue weighted by Crippen LogP contribution is 2.26. The molecule has 0 bridgehead atoms. The molecule has 2 aromatic rings. The molecular weight excluding hydrogens is 250 g/mol. The van der Waals surface area contributed by atoms with E-state index in [2.05, 4.69) is 4.74 Å². The number of nitrogens with two attached hydrogens (primary N) is 1. The Morgan fingerprint density at radius 1 is 1.17 bits per heavy atom. The van der Waals surface area contributed by atoms with Crippen molar-refractivity contribution in [1.82, 2.24) is 0 Å². The van der Waals surface area contributed by atoms with Crippen LogP contribution in [-0.4, -0.2) is 13.1 Å². The number of methoxy groups -OCH3 is 1. The molecule has 0 unspecified atom stereocenters. The first kappa shape index (κ1) is 14.5. The highest BCUT2D eigenvalue weighted by molar-refractivity contribution is 5.92. The minimum atomic E-state index is -0.731. The Morgan fingerprint density at radius 3 is 2.39 bits per heavy atom. The van der Waals surface area contributed by atoms with Crippen molar-refractivity contribution in [2.24, 2.45) is 5.73 Å². The van der Waals surface area contributed by atoms with E-state index in [1.54, 1.807) is 0 Å². The molecule has 1 atom stereocenters. The van der Waals surface area contributed by atoms with Gasteiger partial charge in [0.2, 0.25) is 0 Å². The second-order valence-corrected chi connectivity index (χ2v) is 4.02. The number of hydrogen-bond donors (Lipinski definition) is 1. The van der Waals surface area contributed by atoms with E-state index in [0.29, 0.717) is 0 Å². The standard InChI is InChI=1S/C14H15NO2.ClH/c1-9-7-8-12(13(15)14(16)17-2)11-6-4-3-5-10(9)11;/h3-8,13H,15H2,1-2H3;1H/t13-;/m1./s1. The molecule has 2 rings (SSSR count). The van der Waals surface area contributed by atoms with Crippen LogP contribution in [0.4, 0.5) is 0 Å². The summed E-state index contributed by atoms with van der Waals surface area (Å²) in [5.74, 6) is -0.418. The van der Waals surface area contributed by atoms with Gasteiger partial charge in [0, 0.05) is 0 Å². The van der Waals surface area contributed by atoms with Crippen LogP contribution in [0.15, 0.2) is 36.4 Å². The topological polar surface area (TPSA) is 52.3 Å². The third-order valence-corrected chi connectivity index (χ3v) is 2.97. The van der Waals surface area contributed by atoms with Gasteiger partial charge in [0.05, 0.1) is 7.11 Å². The van der Waals surface area contributed by atoms with Crippen LogP contribution in [0.5, 0.6) is 0 Å². The molecule has 0 aromatic heterocycles. The van der Waals surface area contributed by atoms with Gasteiger partial charge in [-0.1, -0.05) is 36.4 Å². The predicted octanol–water partition coefficient (Wildman–Crippen LogP) is 2.74. The minimum absolute atomic E-state index is 0. The quantitative estimate of drug-likeness (QED) is 0.850. The molecule has 18 heavy (non-hydrogen) atoms. The second kappa shape index (κ2) is 5.85. The Labute approximate surface area is 112 Å². The predicted molar refractivity (Wildman–Crippen MR) is 74.9 cm³/mol. The number of hydrogen-bond acceptors (Lipinski definition) is 3. The zero-order valence-electron chi connectivity index (χ0n) is 10.3. The van der Waals surface area contributed by atoms with E-state index in [0.717, 1.165) is 16.3 Å². The number of carbonyl (C=O) groups is 1. The zero-order chi connectivity index (χ0) is 12.4. The lowest BCUT2D eigenvalue weighted by molar-refractivity contribution is -0.142. The molecule has 0 radical (unpaired) electrons. The van der Waals surface area contributed by atoms with Gasteiger partial charge in [-0.2, -0.15) is 0 Å². The van der Waals surface area contributed by atoms with E-state index in [-0.39, 0.29) is 12.4 Å². The first-order chi connectivity index (χ1) is 8.15. The summed E-state index contributed by atoms with van der Waals surface area (Å²) >= 11 is 0. The maximum absolute atomic E-state index is 11.5. The Bertz CT molecular complexity index is 569. The van der Waals surface area contributed by atoms with Crippen LogP contribution in [0.1, 0.15) is 17.2 Å². The summed E-state index contributed by atoms with van der Waals surface area (Å²) < 4.78 is 4.68. The van der Waals surface area contributed by atoms with Gasteiger partial charge >= 0.3 is 5.97 Å². The Kier molecular flexibility index (Phi) is 4.70. The Balaban J connectivity index is 0.00000162. The van der Waals surface area contributed by atoms with Crippen molar-refractivity contribution >= 4 is 29.1 Å². The number of carbonyl (C=O) groups excluding carboxylic acids is 1. The molecule has 0 saturated carbocycles. The van der Waals surface area contributed by atoms with Crippen LogP contribution in [0, 0.1) is 6.92 Å². The SMILES string of the molecule is COC(=O)[C@H](N)c1ccc(C)c2ccccc12.Cl. The van der Waals surface area contributed by atoms with Crippen molar-refractivity contribution in [3.63, 3.8) is 0 Å². The summed E-state index contributed by atoms with van der Waals surface area (Å²) in [4.78, 5) is 11.5. The third kappa shape index (κ3) is 2.47. The largest absolute Gasteiger partial charge is 0.468 e. The molecule has 0 heterocycles. The zero-order valence-corrected chi connectivity index (χ0v) is 11.2. The van der Waals surface area contributed by atoms with E-state index in [1.165, 1.54) is 12.7 Å². The smallest absolute Gasteiger partial charge is 0.327 e. The van der Waals surface area contributed by atoms with Crippen LogP contribution in [-0.2, 0) is 9.53 Å². The molecule has 0 fully saturated rings. The molecule has 0 aliphatic heterocycles. The van der Waals surface area contributed by atoms with Gasteiger partial charge in [-0.25, -0.2) is 0 Å². The molecular formula is C14H16ClNO2. The lowest BCUT2D eigenvalue weighted by atomic mass is 9.96. The third-order valence-electron chi connectivity index (χ3n) is 2.97. The van der Waals surface area contributed by atoms with Gasteiger partial charge in [0.15, 0.2) is 0 Å². The summed E-state index contributed by atoms with van der Waals surface area (Å²) in [6, 6.07) is 11.0. The van der Waals surface area contributed by atoms with E-state index >= 15 is 0 Å². The normalized spacial score (nSPS) is 11.7. The fourth-order valence-electron chi connectivity index (χ4n) is 2.00. The van der Waals surface area contributed by atoms with Crippen molar-refractivity contribution in [3.8, 4) is 0 Å². The van der Waals surface area contributed by atoms with Crippen molar-refractivity contribution < 1.29 is 9.53 Å². The Morgan fingerprint density at radius 2 is 1.78 bits per heavy atom. The second-order valence-electron chi connectivity index (χ2n) is 4.02. The number of ether oxygens (including phenoxy) is 1. The van der Waals surface area contributed by atoms with Gasteiger partial charge < -0.3 is 10.5 Å². The summed E-state index contributed by atoms with van der Waals surface area (Å²) in [6.45, 7) is 2.04. The highest BCUT2D eigenvalue weighted by Gasteiger charge is 2.18. The van der Waals surface area contributed by atoms with Gasteiger partial charge in [-0.05, 0) is 28.8 Å². The van der Waals surface area contributed by atoms with Crippen molar-refractivity contribution in [2.75, 3.05) is 7.11 Å². The van der Waals surface area contributed by atoms with E-state index in [9.17, 15) is 4.79 Å².